The highest BCUT2D eigenvalue weighted by Crippen LogP contribution is 2.35. The first kappa shape index (κ1) is 23.8. The summed E-state index contributed by atoms with van der Waals surface area (Å²) in [5.41, 5.74) is 1.45. The number of pyridine rings is 1. The molecule has 0 radical (unpaired) electrons. The van der Waals surface area contributed by atoms with Crippen LogP contribution >= 0.6 is 63.0 Å². The summed E-state index contributed by atoms with van der Waals surface area (Å²) in [4.78, 5) is 27.0. The smallest absolute Gasteiger partial charge is 0.254 e. The summed E-state index contributed by atoms with van der Waals surface area (Å²) in [6, 6.07) is 12.3. The quantitative estimate of drug-likeness (QED) is 0.327. The Morgan fingerprint density at radius 2 is 1.84 bits per heavy atom. The predicted octanol–water partition coefficient (Wildman–Crippen LogP) is 4.03. The van der Waals surface area contributed by atoms with E-state index in [4.69, 9.17) is 47.0 Å². The second-order valence-electron chi connectivity index (χ2n) is 7.98. The molecule has 2 aliphatic rings. The van der Waals surface area contributed by atoms with Gasteiger partial charge in [-0.15, -0.1) is 0 Å². The van der Waals surface area contributed by atoms with Gasteiger partial charge in [-0.05, 0) is 58.7 Å². The Bertz CT molecular complexity index is 1110. The van der Waals surface area contributed by atoms with Crippen molar-refractivity contribution in [1.82, 2.24) is 20.1 Å². The number of amides is 1. The zero-order chi connectivity index (χ0) is 23.0. The van der Waals surface area contributed by atoms with E-state index in [1.165, 1.54) is 0 Å². The Morgan fingerprint density at radius 1 is 1.09 bits per heavy atom. The van der Waals surface area contributed by atoms with E-state index >= 15 is 0 Å². The van der Waals surface area contributed by atoms with Gasteiger partial charge < -0.3 is 20.1 Å². The van der Waals surface area contributed by atoms with Crippen molar-refractivity contribution in [2.24, 2.45) is 5.92 Å². The molecule has 3 atom stereocenters. The first-order chi connectivity index (χ1) is 15.1. The van der Waals surface area contributed by atoms with E-state index in [2.05, 4.69) is 26.6 Å². The van der Waals surface area contributed by atoms with E-state index in [0.29, 0.717) is 34.8 Å². The number of nitrogens with one attached hydrogen (secondary N) is 2. The molecule has 2 aliphatic heterocycles. The largest absolute Gasteiger partial charge is 0.348 e. The van der Waals surface area contributed by atoms with Crippen LogP contribution in [-0.4, -0.2) is 43.5 Å². The minimum atomic E-state index is -1.84. The number of fused-ring (bicyclic) bond motifs is 4. The fourth-order valence-electron chi connectivity index (χ4n) is 4.33. The molecule has 1 amide bonds. The van der Waals surface area contributed by atoms with Gasteiger partial charge in [-0.2, -0.15) is 0 Å². The van der Waals surface area contributed by atoms with Crippen LogP contribution in [0.2, 0.25) is 0 Å². The van der Waals surface area contributed by atoms with Crippen molar-refractivity contribution in [2.75, 3.05) is 13.1 Å². The Hall–Kier alpha value is -1.32. The molecule has 1 saturated heterocycles. The second-order valence-corrected chi connectivity index (χ2v) is 11.6. The number of carbonyl (C=O) groups is 1. The lowest BCUT2D eigenvalue weighted by atomic mass is 9.83. The molecule has 32 heavy (non-hydrogen) atoms. The van der Waals surface area contributed by atoms with Gasteiger partial charge in [0, 0.05) is 41.8 Å². The average molecular weight is 579 g/mol. The maximum atomic E-state index is 12.8. The van der Waals surface area contributed by atoms with Gasteiger partial charge in [0.15, 0.2) is 5.11 Å². The molecule has 170 valence electrons. The maximum Gasteiger partial charge on any atom is 0.254 e. The molecule has 2 N–H and O–H groups in total. The third-order valence-corrected chi connectivity index (χ3v) is 7.48. The number of hydrogen-bond acceptors (Lipinski definition) is 3. The number of thiocarbonyl (C=S) groups is 1. The van der Waals surface area contributed by atoms with Gasteiger partial charge in [0.1, 0.15) is 6.17 Å². The van der Waals surface area contributed by atoms with Crippen LogP contribution in [0, 0.1) is 5.92 Å². The van der Waals surface area contributed by atoms with Gasteiger partial charge in [-0.3, -0.25) is 9.59 Å². The molecule has 1 aromatic heterocycles. The lowest BCUT2D eigenvalue weighted by molar-refractivity contribution is 0.0932. The molecule has 11 heteroatoms. The summed E-state index contributed by atoms with van der Waals surface area (Å²) < 4.78 is 0.641. The van der Waals surface area contributed by atoms with Crippen molar-refractivity contribution in [2.45, 2.75) is 28.8 Å². The minimum Gasteiger partial charge on any atom is -0.348 e. The molecule has 0 saturated carbocycles. The number of alkyl halides is 3. The number of carbonyl (C=O) groups excluding carboxylic acids is 1. The topological polar surface area (TPSA) is 66.4 Å². The van der Waals surface area contributed by atoms with Crippen LogP contribution < -0.4 is 16.2 Å². The van der Waals surface area contributed by atoms with Gasteiger partial charge in [-0.1, -0.05) is 53.0 Å². The zero-order valence-electron chi connectivity index (χ0n) is 16.7. The normalized spacial score (nSPS) is 20.8. The number of nitrogens with zero attached hydrogens (tertiary/aromatic N) is 2. The highest BCUT2D eigenvalue weighted by Gasteiger charge is 2.39. The Balaban J connectivity index is 1.48. The van der Waals surface area contributed by atoms with Crippen LogP contribution in [0.1, 0.15) is 28.4 Å². The van der Waals surface area contributed by atoms with Gasteiger partial charge in [0.2, 0.25) is 3.79 Å². The van der Waals surface area contributed by atoms with E-state index in [1.54, 1.807) is 36.4 Å². The number of aromatic nitrogens is 1. The van der Waals surface area contributed by atoms with Crippen molar-refractivity contribution in [1.29, 1.82) is 0 Å². The molecule has 2 aromatic rings. The van der Waals surface area contributed by atoms with Crippen LogP contribution in [0.4, 0.5) is 0 Å². The molecule has 6 nitrogen and oxygen atoms in total. The van der Waals surface area contributed by atoms with E-state index in [1.807, 2.05) is 15.5 Å². The molecule has 0 spiro atoms. The van der Waals surface area contributed by atoms with Crippen LogP contribution in [0.25, 0.3) is 0 Å². The summed E-state index contributed by atoms with van der Waals surface area (Å²) in [5.74, 6) is 0.0484. The number of hydrogen-bond donors (Lipinski definition) is 2. The van der Waals surface area contributed by atoms with Crippen molar-refractivity contribution in [3.05, 3.63) is 68.5 Å². The zero-order valence-corrected chi connectivity index (χ0v) is 21.4. The standard InChI is InChI=1S/C21H20BrCl3N4O2S/c22-15-5-2-1-4-14(15)18(31)26-19(21(23,24)25)27-20(32)28-9-12-8-13(11-28)16-6-3-7-17(30)29(16)10-12/h1-7,12-13,19H,8-11H2,(H,26,31)(H,27,32)/t12-,13-,19-/m1/s1. The van der Waals surface area contributed by atoms with Gasteiger partial charge in [0.05, 0.1) is 5.56 Å². The van der Waals surface area contributed by atoms with Gasteiger partial charge >= 0.3 is 0 Å². The first-order valence-corrected chi connectivity index (χ1v) is 12.3. The molecular formula is C21H20BrCl3N4O2S. The van der Waals surface area contributed by atoms with E-state index < -0.39 is 15.9 Å². The van der Waals surface area contributed by atoms with E-state index in [0.717, 1.165) is 12.1 Å². The highest BCUT2D eigenvalue weighted by atomic mass is 79.9. The van der Waals surface area contributed by atoms with Gasteiger partial charge in [-0.25, -0.2) is 0 Å². The molecule has 4 rings (SSSR count). The summed E-state index contributed by atoms with van der Waals surface area (Å²) >= 11 is 27.5. The first-order valence-electron chi connectivity index (χ1n) is 10.0. The Morgan fingerprint density at radius 3 is 2.56 bits per heavy atom. The fourth-order valence-corrected chi connectivity index (χ4v) is 5.39. The van der Waals surface area contributed by atoms with Crippen molar-refractivity contribution < 1.29 is 4.79 Å². The molecule has 1 aromatic carbocycles. The predicted molar refractivity (Wildman–Crippen MR) is 135 cm³/mol. The summed E-state index contributed by atoms with van der Waals surface area (Å²) in [6.45, 7) is 1.96. The molecule has 2 bridgehead atoms. The minimum absolute atomic E-state index is 0.0254. The number of halogens is 4. The fraction of sp³-hybridized carbons (Fsp3) is 0.381. The van der Waals surface area contributed by atoms with Gasteiger partial charge in [0.25, 0.3) is 11.5 Å². The molecule has 3 heterocycles. The van der Waals surface area contributed by atoms with Crippen LogP contribution in [0.3, 0.4) is 0 Å². The van der Waals surface area contributed by atoms with Crippen LogP contribution in [-0.2, 0) is 6.54 Å². The third-order valence-electron chi connectivity index (χ3n) is 5.76. The van der Waals surface area contributed by atoms with Crippen molar-refractivity contribution in [3.8, 4) is 0 Å². The lowest BCUT2D eigenvalue weighted by Crippen LogP contribution is -2.60. The van der Waals surface area contributed by atoms with Crippen molar-refractivity contribution >= 4 is 74.0 Å². The summed E-state index contributed by atoms with van der Waals surface area (Å²) in [5, 5.41) is 6.12. The third kappa shape index (κ3) is 5.09. The van der Waals surface area contributed by atoms with Crippen LogP contribution in [0.15, 0.2) is 51.7 Å². The molecule has 0 unspecified atom stereocenters. The number of piperidine rings is 1. The summed E-state index contributed by atoms with van der Waals surface area (Å²) in [6.07, 6.45) is -0.0499. The monoisotopic (exact) mass is 576 g/mol. The van der Waals surface area contributed by atoms with E-state index in [-0.39, 0.29) is 17.4 Å². The molecular weight excluding hydrogens is 559 g/mol. The van der Waals surface area contributed by atoms with Crippen LogP contribution in [0.5, 0.6) is 0 Å². The lowest BCUT2D eigenvalue weighted by Gasteiger charge is -2.44. The van der Waals surface area contributed by atoms with E-state index in [9.17, 15) is 9.59 Å². The molecule has 1 fully saturated rings. The summed E-state index contributed by atoms with van der Waals surface area (Å²) in [7, 11) is 0. The maximum absolute atomic E-state index is 12.8. The Labute approximate surface area is 214 Å². The SMILES string of the molecule is O=C(N[C@H](NC(=S)N1C[C@H]2C[C@H](C1)c1cccc(=O)n1C2)C(Cl)(Cl)Cl)c1ccccc1Br. The average Bonchev–Trinajstić information content (AvgIpc) is 2.73. The number of benzene rings is 1. The van der Waals surface area contributed by atoms with Crippen molar-refractivity contribution in [3.63, 3.8) is 0 Å². The second kappa shape index (κ2) is 9.50. The number of likely N-dealkylation sites (tertiary alicyclic amines) is 1. The number of rotatable bonds is 3. The highest BCUT2D eigenvalue weighted by molar-refractivity contribution is 9.10. The molecule has 0 aliphatic carbocycles. The Kier molecular flexibility index (Phi) is 7.08.